The number of phenolic OH excluding ortho intramolecular Hbond substituents is 1. The van der Waals surface area contributed by atoms with Crippen LogP contribution in [0.5, 0.6) is 11.5 Å². The summed E-state index contributed by atoms with van der Waals surface area (Å²) in [6.07, 6.45) is 0.263. The van der Waals surface area contributed by atoms with Gasteiger partial charge in [-0.3, -0.25) is 0 Å². The van der Waals surface area contributed by atoms with Crippen LogP contribution in [0.15, 0.2) is 42.5 Å². The highest BCUT2D eigenvalue weighted by molar-refractivity contribution is 5.34. The van der Waals surface area contributed by atoms with Gasteiger partial charge in [0.15, 0.2) is 11.6 Å². The van der Waals surface area contributed by atoms with Crippen molar-refractivity contribution in [2.24, 2.45) is 0 Å². The van der Waals surface area contributed by atoms with Crippen LogP contribution in [0.1, 0.15) is 18.1 Å². The summed E-state index contributed by atoms with van der Waals surface area (Å²) in [7, 11) is 1.41. The van der Waals surface area contributed by atoms with Crippen molar-refractivity contribution in [3.8, 4) is 11.5 Å². The van der Waals surface area contributed by atoms with Gasteiger partial charge in [-0.1, -0.05) is 18.2 Å². The molecule has 2 aromatic rings. The van der Waals surface area contributed by atoms with E-state index >= 15 is 0 Å². The van der Waals surface area contributed by atoms with E-state index in [1.165, 1.54) is 31.4 Å². The van der Waals surface area contributed by atoms with Crippen molar-refractivity contribution in [2.45, 2.75) is 18.9 Å². The van der Waals surface area contributed by atoms with Crippen LogP contribution in [0.2, 0.25) is 0 Å². The average Bonchev–Trinajstić information content (AvgIpc) is 2.39. The zero-order valence-corrected chi connectivity index (χ0v) is 11.4. The predicted molar refractivity (Wildman–Crippen MR) is 74.3 cm³/mol. The highest BCUT2D eigenvalue weighted by Crippen LogP contribution is 2.28. The van der Waals surface area contributed by atoms with Gasteiger partial charge in [-0.15, -0.1) is 0 Å². The topological polar surface area (TPSA) is 49.7 Å². The number of aliphatic hydroxyl groups is 1. The molecule has 2 N–H and O–H groups in total. The predicted octanol–water partition coefficient (Wildman–Crippen LogP) is 2.99. The lowest BCUT2D eigenvalue weighted by atomic mass is 9.89. The largest absolute Gasteiger partial charge is 0.508 e. The van der Waals surface area contributed by atoms with Gasteiger partial charge >= 0.3 is 0 Å². The number of hydrogen-bond donors (Lipinski definition) is 2. The molecule has 0 aliphatic heterocycles. The third kappa shape index (κ3) is 3.08. The molecule has 0 heterocycles. The Kier molecular flexibility index (Phi) is 3.95. The smallest absolute Gasteiger partial charge is 0.165 e. The Balaban J connectivity index is 2.23. The molecule has 0 aromatic heterocycles. The van der Waals surface area contributed by atoms with Gasteiger partial charge in [0.05, 0.1) is 12.7 Å². The van der Waals surface area contributed by atoms with Crippen molar-refractivity contribution in [1.29, 1.82) is 0 Å². The highest BCUT2D eigenvalue weighted by atomic mass is 19.1. The number of halogens is 1. The Morgan fingerprint density at radius 3 is 2.35 bits per heavy atom. The molecule has 0 saturated heterocycles. The summed E-state index contributed by atoms with van der Waals surface area (Å²) < 4.78 is 18.5. The number of methoxy groups -OCH3 is 1. The van der Waals surface area contributed by atoms with Crippen molar-refractivity contribution in [3.63, 3.8) is 0 Å². The van der Waals surface area contributed by atoms with Gasteiger partial charge in [0, 0.05) is 6.42 Å². The third-order valence-electron chi connectivity index (χ3n) is 3.25. The van der Waals surface area contributed by atoms with Crippen LogP contribution in [0.4, 0.5) is 4.39 Å². The molecule has 0 radical (unpaired) electrons. The molecule has 20 heavy (non-hydrogen) atoms. The molecule has 0 amide bonds. The molecule has 0 aliphatic carbocycles. The SMILES string of the molecule is COc1ccc(CC(C)(O)c2ccc(O)cc2)cc1F. The molecule has 3 nitrogen and oxygen atoms in total. The van der Waals surface area contributed by atoms with Gasteiger partial charge < -0.3 is 14.9 Å². The Bertz CT molecular complexity index is 591. The lowest BCUT2D eigenvalue weighted by Gasteiger charge is -2.24. The van der Waals surface area contributed by atoms with E-state index in [-0.39, 0.29) is 17.9 Å². The standard InChI is InChI=1S/C16H17FO3/c1-16(19,12-4-6-13(18)7-5-12)10-11-3-8-15(20-2)14(17)9-11/h3-9,18-19H,10H2,1-2H3. The molecule has 1 atom stereocenters. The third-order valence-corrected chi connectivity index (χ3v) is 3.25. The Morgan fingerprint density at radius 1 is 1.15 bits per heavy atom. The molecule has 2 rings (SSSR count). The van der Waals surface area contributed by atoms with E-state index in [4.69, 9.17) is 4.74 Å². The van der Waals surface area contributed by atoms with Crippen molar-refractivity contribution >= 4 is 0 Å². The van der Waals surface area contributed by atoms with Crippen LogP contribution in [0.3, 0.4) is 0 Å². The zero-order chi connectivity index (χ0) is 14.8. The summed E-state index contributed by atoms with van der Waals surface area (Å²) in [4.78, 5) is 0. The van der Waals surface area contributed by atoms with Crippen LogP contribution in [0, 0.1) is 5.82 Å². The molecular formula is C16H17FO3. The first kappa shape index (κ1) is 14.3. The van der Waals surface area contributed by atoms with Crippen molar-refractivity contribution < 1.29 is 19.3 Å². The first-order valence-corrected chi connectivity index (χ1v) is 6.27. The fourth-order valence-corrected chi connectivity index (χ4v) is 2.14. The molecule has 1 unspecified atom stereocenters. The monoisotopic (exact) mass is 276 g/mol. The summed E-state index contributed by atoms with van der Waals surface area (Å²) >= 11 is 0. The van der Waals surface area contributed by atoms with Gasteiger partial charge in [-0.2, -0.15) is 0 Å². The first-order valence-electron chi connectivity index (χ1n) is 6.27. The van der Waals surface area contributed by atoms with Gasteiger partial charge in [-0.05, 0) is 42.3 Å². The van der Waals surface area contributed by atoms with E-state index in [1.54, 1.807) is 25.1 Å². The molecular weight excluding hydrogens is 259 g/mol. The second-order valence-electron chi connectivity index (χ2n) is 4.97. The normalized spacial score (nSPS) is 13.8. The van der Waals surface area contributed by atoms with E-state index in [9.17, 15) is 14.6 Å². The fraction of sp³-hybridized carbons (Fsp3) is 0.250. The minimum absolute atomic E-state index is 0.139. The molecule has 0 fully saturated rings. The summed E-state index contributed by atoms with van der Waals surface area (Å²) in [6.45, 7) is 1.65. The minimum atomic E-state index is -1.14. The van der Waals surface area contributed by atoms with E-state index in [0.717, 1.165) is 0 Å². The van der Waals surface area contributed by atoms with Crippen LogP contribution >= 0.6 is 0 Å². The first-order chi connectivity index (χ1) is 9.42. The number of phenols is 1. The average molecular weight is 276 g/mol. The summed E-state index contributed by atoms with van der Waals surface area (Å²) in [5.41, 5.74) is 0.183. The fourth-order valence-electron chi connectivity index (χ4n) is 2.14. The molecule has 0 spiro atoms. The molecule has 0 bridgehead atoms. The summed E-state index contributed by atoms with van der Waals surface area (Å²) in [5.74, 6) is -0.135. The maximum absolute atomic E-state index is 13.6. The Morgan fingerprint density at radius 2 is 1.80 bits per heavy atom. The molecule has 106 valence electrons. The molecule has 0 saturated carbocycles. The molecule has 2 aromatic carbocycles. The summed E-state index contributed by atoms with van der Waals surface area (Å²) in [6, 6.07) is 10.9. The van der Waals surface area contributed by atoms with E-state index in [1.807, 2.05) is 0 Å². The van der Waals surface area contributed by atoms with E-state index in [0.29, 0.717) is 11.1 Å². The van der Waals surface area contributed by atoms with Crippen molar-refractivity contribution in [1.82, 2.24) is 0 Å². The van der Waals surface area contributed by atoms with Crippen LogP contribution in [0.25, 0.3) is 0 Å². The minimum Gasteiger partial charge on any atom is -0.508 e. The number of aromatic hydroxyl groups is 1. The maximum atomic E-state index is 13.6. The van der Waals surface area contributed by atoms with Crippen molar-refractivity contribution in [3.05, 3.63) is 59.4 Å². The quantitative estimate of drug-likeness (QED) is 0.902. The second kappa shape index (κ2) is 5.51. The molecule has 0 aliphatic rings. The number of hydrogen-bond acceptors (Lipinski definition) is 3. The number of benzene rings is 2. The maximum Gasteiger partial charge on any atom is 0.165 e. The van der Waals surface area contributed by atoms with Gasteiger partial charge in [0.2, 0.25) is 0 Å². The molecule has 4 heteroatoms. The second-order valence-corrected chi connectivity index (χ2v) is 4.97. The van der Waals surface area contributed by atoms with Crippen LogP contribution < -0.4 is 4.74 Å². The van der Waals surface area contributed by atoms with Gasteiger partial charge in [0.25, 0.3) is 0 Å². The number of ether oxygens (including phenoxy) is 1. The number of rotatable bonds is 4. The van der Waals surface area contributed by atoms with E-state index in [2.05, 4.69) is 0 Å². The lowest BCUT2D eigenvalue weighted by molar-refractivity contribution is 0.0575. The van der Waals surface area contributed by atoms with Gasteiger partial charge in [-0.25, -0.2) is 4.39 Å². The van der Waals surface area contributed by atoms with E-state index < -0.39 is 11.4 Å². The summed E-state index contributed by atoms with van der Waals surface area (Å²) in [5, 5.41) is 19.8. The van der Waals surface area contributed by atoms with Crippen molar-refractivity contribution in [2.75, 3.05) is 7.11 Å². The van der Waals surface area contributed by atoms with Crippen LogP contribution in [-0.2, 0) is 12.0 Å². The van der Waals surface area contributed by atoms with Crippen LogP contribution in [-0.4, -0.2) is 17.3 Å². The lowest BCUT2D eigenvalue weighted by Crippen LogP contribution is -2.24. The Labute approximate surface area is 117 Å². The zero-order valence-electron chi connectivity index (χ0n) is 11.4. The van der Waals surface area contributed by atoms with Gasteiger partial charge in [0.1, 0.15) is 5.75 Å². The highest BCUT2D eigenvalue weighted by Gasteiger charge is 2.24. The Hall–Kier alpha value is -2.07.